The number of hydrogen-bond acceptors (Lipinski definition) is 5. The maximum Gasteiger partial charge on any atom is 0.178 e. The van der Waals surface area contributed by atoms with Crippen LogP contribution in [0.4, 0.5) is 0 Å². The molecule has 0 bridgehead atoms. The summed E-state index contributed by atoms with van der Waals surface area (Å²) < 4.78 is 1.58. The zero-order valence-electron chi connectivity index (χ0n) is 8.87. The van der Waals surface area contributed by atoms with Crippen LogP contribution >= 0.6 is 11.6 Å². The van der Waals surface area contributed by atoms with Gasteiger partial charge in [-0.05, 0) is 19.1 Å². The molecule has 3 aromatic rings. The Bertz CT molecular complexity index is 675. The second kappa shape index (κ2) is 3.74. The summed E-state index contributed by atoms with van der Waals surface area (Å²) in [5, 5.41) is 13.3. The van der Waals surface area contributed by atoms with Gasteiger partial charge < -0.3 is 0 Å². The molecule has 0 amide bonds. The van der Waals surface area contributed by atoms with Crippen LogP contribution < -0.4 is 0 Å². The lowest BCUT2D eigenvalue weighted by molar-refractivity contribution is 0.818. The van der Waals surface area contributed by atoms with Gasteiger partial charge in [-0.2, -0.15) is 14.9 Å². The summed E-state index contributed by atoms with van der Waals surface area (Å²) >= 11 is 5.94. The summed E-state index contributed by atoms with van der Waals surface area (Å²) in [6.45, 7) is 1.87. The molecule has 0 atom stereocenters. The average molecular weight is 247 g/mol. The summed E-state index contributed by atoms with van der Waals surface area (Å²) in [4.78, 5) is 8.03. The lowest BCUT2D eigenvalue weighted by atomic mass is 10.4. The number of hydrogen-bond donors (Lipinski definition) is 0. The Balaban J connectivity index is 2.24. The highest BCUT2D eigenvalue weighted by molar-refractivity contribution is 6.33. The Morgan fingerprint density at radius 1 is 1.18 bits per heavy atom. The number of aromatic nitrogens is 6. The molecule has 0 N–H and O–H groups in total. The fourth-order valence-corrected chi connectivity index (χ4v) is 1.66. The average Bonchev–Trinajstić information content (AvgIpc) is 2.75. The van der Waals surface area contributed by atoms with E-state index in [-0.39, 0.29) is 0 Å². The van der Waals surface area contributed by atoms with Gasteiger partial charge in [-0.15, -0.1) is 5.10 Å². The molecule has 0 aliphatic heterocycles. The van der Waals surface area contributed by atoms with E-state index in [1.54, 1.807) is 10.9 Å². The van der Waals surface area contributed by atoms with Crippen LogP contribution in [-0.4, -0.2) is 29.9 Å². The van der Waals surface area contributed by atoms with Crippen molar-refractivity contribution in [2.75, 3.05) is 0 Å². The van der Waals surface area contributed by atoms with E-state index in [1.807, 2.05) is 19.1 Å². The minimum atomic E-state index is 0.376. The molecule has 0 saturated heterocycles. The van der Waals surface area contributed by atoms with Crippen LogP contribution in [0.2, 0.25) is 5.15 Å². The fraction of sp³-hybridized carbons (Fsp3) is 0.100. The molecule has 7 heteroatoms. The van der Waals surface area contributed by atoms with E-state index in [9.17, 15) is 0 Å². The SMILES string of the molecule is Cc1ccc(-n2ncc3c(Cl)ncnc32)nn1. The maximum absolute atomic E-state index is 5.94. The second-order valence-corrected chi connectivity index (χ2v) is 3.85. The van der Waals surface area contributed by atoms with E-state index in [4.69, 9.17) is 11.6 Å². The molecular formula is C10H7ClN6. The van der Waals surface area contributed by atoms with Crippen molar-refractivity contribution in [3.05, 3.63) is 35.5 Å². The molecule has 0 fully saturated rings. The molecule has 0 aliphatic rings. The molecule has 0 aromatic carbocycles. The molecule has 3 rings (SSSR count). The first kappa shape index (κ1) is 10.1. The van der Waals surface area contributed by atoms with E-state index in [2.05, 4.69) is 25.3 Å². The molecule has 84 valence electrons. The van der Waals surface area contributed by atoms with Gasteiger partial charge in [0.15, 0.2) is 11.5 Å². The quantitative estimate of drug-likeness (QED) is 0.610. The zero-order chi connectivity index (χ0) is 11.8. The lowest BCUT2D eigenvalue weighted by Crippen LogP contribution is -2.02. The molecule has 3 aromatic heterocycles. The first-order valence-electron chi connectivity index (χ1n) is 4.90. The van der Waals surface area contributed by atoms with Crippen molar-refractivity contribution >= 4 is 22.6 Å². The highest BCUT2D eigenvalue weighted by atomic mass is 35.5. The van der Waals surface area contributed by atoms with Crippen LogP contribution in [0.3, 0.4) is 0 Å². The Labute approximate surface area is 101 Å². The van der Waals surface area contributed by atoms with Gasteiger partial charge in [-0.3, -0.25) is 0 Å². The molecule has 17 heavy (non-hydrogen) atoms. The van der Waals surface area contributed by atoms with Crippen molar-refractivity contribution in [3.8, 4) is 5.82 Å². The van der Waals surface area contributed by atoms with Crippen LogP contribution in [0.1, 0.15) is 5.69 Å². The highest BCUT2D eigenvalue weighted by Crippen LogP contribution is 2.20. The molecule has 0 saturated carbocycles. The summed E-state index contributed by atoms with van der Waals surface area (Å²) in [5.41, 5.74) is 1.46. The number of aryl methyl sites for hydroxylation is 1. The van der Waals surface area contributed by atoms with Crippen molar-refractivity contribution in [1.82, 2.24) is 29.9 Å². The number of rotatable bonds is 1. The van der Waals surface area contributed by atoms with E-state index >= 15 is 0 Å². The van der Waals surface area contributed by atoms with Crippen LogP contribution in [0.25, 0.3) is 16.9 Å². The van der Waals surface area contributed by atoms with Gasteiger partial charge in [0, 0.05) is 0 Å². The molecule has 0 spiro atoms. The van der Waals surface area contributed by atoms with Gasteiger partial charge in [0.25, 0.3) is 0 Å². The molecule has 6 nitrogen and oxygen atoms in total. The molecule has 0 radical (unpaired) electrons. The van der Waals surface area contributed by atoms with Crippen molar-refractivity contribution in [2.24, 2.45) is 0 Å². The zero-order valence-corrected chi connectivity index (χ0v) is 9.63. The van der Waals surface area contributed by atoms with E-state index in [1.165, 1.54) is 6.33 Å². The minimum absolute atomic E-state index is 0.376. The van der Waals surface area contributed by atoms with Gasteiger partial charge in [0.1, 0.15) is 11.5 Å². The maximum atomic E-state index is 5.94. The highest BCUT2D eigenvalue weighted by Gasteiger charge is 2.10. The first-order chi connectivity index (χ1) is 8.25. The largest absolute Gasteiger partial charge is 0.224 e. The van der Waals surface area contributed by atoms with Gasteiger partial charge in [0.2, 0.25) is 0 Å². The molecule has 0 unspecified atom stereocenters. The lowest BCUT2D eigenvalue weighted by Gasteiger charge is -2.00. The van der Waals surface area contributed by atoms with Crippen LogP contribution in [0, 0.1) is 6.92 Å². The van der Waals surface area contributed by atoms with E-state index < -0.39 is 0 Å². The monoisotopic (exact) mass is 246 g/mol. The topological polar surface area (TPSA) is 69.4 Å². The molecule has 0 aliphatic carbocycles. The third-order valence-corrected chi connectivity index (χ3v) is 2.62. The van der Waals surface area contributed by atoms with Gasteiger partial charge in [-0.1, -0.05) is 11.6 Å². The standard InChI is InChI=1S/C10H7ClN6/c1-6-2-3-8(16-15-6)17-10-7(4-14-17)9(11)12-5-13-10/h2-5H,1H3. The van der Waals surface area contributed by atoms with Gasteiger partial charge in [0.05, 0.1) is 17.3 Å². The summed E-state index contributed by atoms with van der Waals surface area (Å²) in [6.07, 6.45) is 3.00. The minimum Gasteiger partial charge on any atom is -0.224 e. The third kappa shape index (κ3) is 1.62. The van der Waals surface area contributed by atoms with Crippen molar-refractivity contribution in [1.29, 1.82) is 0 Å². The van der Waals surface area contributed by atoms with Gasteiger partial charge >= 0.3 is 0 Å². The number of halogens is 1. The van der Waals surface area contributed by atoms with E-state index in [0.29, 0.717) is 22.0 Å². The van der Waals surface area contributed by atoms with Crippen molar-refractivity contribution < 1.29 is 0 Å². The second-order valence-electron chi connectivity index (χ2n) is 3.49. The summed E-state index contributed by atoms with van der Waals surface area (Å²) in [5.74, 6) is 0.598. The van der Waals surface area contributed by atoms with E-state index in [0.717, 1.165) is 5.69 Å². The Morgan fingerprint density at radius 3 is 2.82 bits per heavy atom. The predicted octanol–water partition coefficient (Wildman–Crippen LogP) is 1.57. The third-order valence-electron chi connectivity index (χ3n) is 2.32. The van der Waals surface area contributed by atoms with Crippen molar-refractivity contribution in [2.45, 2.75) is 6.92 Å². The van der Waals surface area contributed by atoms with Crippen LogP contribution in [-0.2, 0) is 0 Å². The van der Waals surface area contributed by atoms with Gasteiger partial charge in [-0.25, -0.2) is 9.97 Å². The predicted molar refractivity (Wildman–Crippen MR) is 62.0 cm³/mol. The first-order valence-corrected chi connectivity index (χ1v) is 5.28. The smallest absolute Gasteiger partial charge is 0.178 e. The Hall–Kier alpha value is -2.08. The summed E-state index contributed by atoms with van der Waals surface area (Å²) in [6, 6.07) is 3.68. The fourth-order valence-electron chi connectivity index (χ4n) is 1.49. The normalized spacial score (nSPS) is 10.9. The van der Waals surface area contributed by atoms with Crippen LogP contribution in [0.5, 0.6) is 0 Å². The summed E-state index contributed by atoms with van der Waals surface area (Å²) in [7, 11) is 0. The molecular weight excluding hydrogens is 240 g/mol. The van der Waals surface area contributed by atoms with Crippen LogP contribution in [0.15, 0.2) is 24.7 Å². The number of fused-ring (bicyclic) bond motifs is 1. The Kier molecular flexibility index (Phi) is 2.22. The number of nitrogens with zero attached hydrogens (tertiary/aromatic N) is 6. The van der Waals surface area contributed by atoms with Crippen molar-refractivity contribution in [3.63, 3.8) is 0 Å². The Morgan fingerprint density at radius 2 is 2.06 bits per heavy atom. The molecule has 3 heterocycles.